The van der Waals surface area contributed by atoms with Crippen LogP contribution in [0.4, 0.5) is 5.69 Å². The predicted molar refractivity (Wildman–Crippen MR) is 95.2 cm³/mol. The number of aromatic nitrogens is 2. The molecule has 0 radical (unpaired) electrons. The monoisotopic (exact) mass is 341 g/mol. The maximum Gasteiger partial charge on any atom is 0.146 e. The molecule has 0 bridgehead atoms. The molecule has 2 heterocycles. The van der Waals surface area contributed by atoms with Crippen molar-refractivity contribution in [3.8, 4) is 5.75 Å². The summed E-state index contributed by atoms with van der Waals surface area (Å²) in [5, 5.41) is 0. The lowest BCUT2D eigenvalue weighted by atomic mass is 10.1. The van der Waals surface area contributed by atoms with E-state index in [0.717, 1.165) is 68.0 Å². The van der Waals surface area contributed by atoms with Crippen molar-refractivity contribution in [2.75, 3.05) is 38.3 Å². The highest BCUT2D eigenvalue weighted by atomic mass is 16.5. The second-order valence-electron chi connectivity index (χ2n) is 6.72. The maximum atomic E-state index is 12.1. The summed E-state index contributed by atoms with van der Waals surface area (Å²) in [7, 11) is 1.64. The van der Waals surface area contributed by atoms with Crippen molar-refractivity contribution < 1.29 is 14.3 Å². The normalized spacial score (nSPS) is 18.2. The number of nitrogens with zero attached hydrogens (tertiary/aromatic N) is 3. The Hall–Kier alpha value is -2.21. The van der Waals surface area contributed by atoms with Crippen molar-refractivity contribution in [1.82, 2.24) is 9.97 Å². The molecule has 1 saturated carbocycles. The van der Waals surface area contributed by atoms with E-state index in [1.807, 2.05) is 12.1 Å². The molecule has 6 nitrogen and oxygen atoms in total. The Morgan fingerprint density at radius 1 is 1.28 bits per heavy atom. The number of Topliss-reactive ketones (excluding diaryl/α,β-unsaturated/α-hetero) is 1. The number of methoxy groups -OCH3 is 1. The van der Waals surface area contributed by atoms with Crippen LogP contribution < -0.4 is 9.64 Å². The van der Waals surface area contributed by atoms with Crippen molar-refractivity contribution in [3.05, 3.63) is 24.0 Å². The molecule has 2 aromatic rings. The SMILES string of the molecule is COc1ccc(N2CCCOCC2)c2ncc(CC(=O)C3CC3)nc12. The van der Waals surface area contributed by atoms with Gasteiger partial charge in [0.05, 0.1) is 31.5 Å². The first-order valence-corrected chi connectivity index (χ1v) is 8.94. The van der Waals surface area contributed by atoms with E-state index < -0.39 is 0 Å². The molecule has 2 fully saturated rings. The molecule has 1 aliphatic carbocycles. The Morgan fingerprint density at radius 3 is 2.96 bits per heavy atom. The molecule has 132 valence electrons. The molecule has 0 N–H and O–H groups in total. The van der Waals surface area contributed by atoms with Gasteiger partial charge in [0, 0.05) is 31.8 Å². The summed E-state index contributed by atoms with van der Waals surface area (Å²) in [6, 6.07) is 3.97. The van der Waals surface area contributed by atoms with Crippen molar-refractivity contribution in [2.45, 2.75) is 25.7 Å². The van der Waals surface area contributed by atoms with Gasteiger partial charge in [0.15, 0.2) is 0 Å². The van der Waals surface area contributed by atoms with Crippen LogP contribution in [0.25, 0.3) is 11.0 Å². The van der Waals surface area contributed by atoms with Crippen LogP contribution in [0.5, 0.6) is 5.75 Å². The Balaban J connectivity index is 1.71. The van der Waals surface area contributed by atoms with Gasteiger partial charge in [-0.15, -0.1) is 0 Å². The third kappa shape index (κ3) is 3.44. The quantitative estimate of drug-likeness (QED) is 0.832. The highest BCUT2D eigenvalue weighted by molar-refractivity contribution is 5.93. The standard InChI is InChI=1S/C19H23N3O3/c1-24-17-6-5-15(22-7-2-9-25-10-8-22)18-19(17)21-14(12-20-18)11-16(23)13-3-4-13/h5-6,12-13H,2-4,7-11H2,1H3. The number of rotatable bonds is 5. The van der Waals surface area contributed by atoms with Gasteiger partial charge in [-0.3, -0.25) is 9.78 Å². The minimum Gasteiger partial charge on any atom is -0.494 e. The lowest BCUT2D eigenvalue weighted by Crippen LogP contribution is -2.26. The third-order valence-corrected chi connectivity index (χ3v) is 4.86. The highest BCUT2D eigenvalue weighted by Crippen LogP contribution is 2.33. The number of hydrogen-bond acceptors (Lipinski definition) is 6. The molecule has 1 saturated heterocycles. The fourth-order valence-corrected chi connectivity index (χ4v) is 3.32. The molecule has 0 amide bonds. The first-order valence-electron chi connectivity index (χ1n) is 8.94. The number of hydrogen-bond donors (Lipinski definition) is 0. The topological polar surface area (TPSA) is 64.6 Å². The van der Waals surface area contributed by atoms with Gasteiger partial charge in [0.1, 0.15) is 22.6 Å². The van der Waals surface area contributed by atoms with E-state index in [4.69, 9.17) is 14.5 Å². The minimum atomic E-state index is 0.239. The largest absolute Gasteiger partial charge is 0.494 e. The smallest absolute Gasteiger partial charge is 0.146 e. The second-order valence-corrected chi connectivity index (χ2v) is 6.72. The first-order chi connectivity index (χ1) is 12.3. The van der Waals surface area contributed by atoms with Crippen LogP contribution in [-0.4, -0.2) is 49.2 Å². The van der Waals surface area contributed by atoms with Gasteiger partial charge in [0.25, 0.3) is 0 Å². The van der Waals surface area contributed by atoms with Gasteiger partial charge >= 0.3 is 0 Å². The van der Waals surface area contributed by atoms with Crippen molar-refractivity contribution in [1.29, 1.82) is 0 Å². The fraction of sp³-hybridized carbons (Fsp3) is 0.526. The first kappa shape index (κ1) is 16.3. The molecular weight excluding hydrogens is 318 g/mol. The van der Waals surface area contributed by atoms with E-state index in [2.05, 4.69) is 9.88 Å². The van der Waals surface area contributed by atoms with Gasteiger partial charge in [-0.2, -0.15) is 0 Å². The van der Waals surface area contributed by atoms with E-state index in [1.54, 1.807) is 13.3 Å². The van der Waals surface area contributed by atoms with Crippen LogP contribution in [0.2, 0.25) is 0 Å². The van der Waals surface area contributed by atoms with E-state index in [0.29, 0.717) is 12.2 Å². The summed E-state index contributed by atoms with van der Waals surface area (Å²) in [5.41, 5.74) is 3.32. The third-order valence-electron chi connectivity index (χ3n) is 4.86. The fourth-order valence-electron chi connectivity index (χ4n) is 3.32. The Labute approximate surface area is 147 Å². The van der Waals surface area contributed by atoms with Crippen LogP contribution in [0.15, 0.2) is 18.3 Å². The van der Waals surface area contributed by atoms with Crippen LogP contribution in [-0.2, 0) is 16.0 Å². The maximum absolute atomic E-state index is 12.1. The van der Waals surface area contributed by atoms with E-state index >= 15 is 0 Å². The molecule has 1 aromatic carbocycles. The molecular formula is C19H23N3O3. The zero-order valence-electron chi connectivity index (χ0n) is 14.5. The summed E-state index contributed by atoms with van der Waals surface area (Å²) in [6.45, 7) is 3.29. The van der Waals surface area contributed by atoms with Gasteiger partial charge < -0.3 is 14.4 Å². The van der Waals surface area contributed by atoms with Crippen LogP contribution in [0.1, 0.15) is 25.0 Å². The Bertz CT molecular complexity index is 781. The molecule has 1 aliphatic heterocycles. The average molecular weight is 341 g/mol. The summed E-state index contributed by atoms with van der Waals surface area (Å²) in [4.78, 5) is 23.7. The summed E-state index contributed by atoms with van der Waals surface area (Å²) in [5.74, 6) is 1.20. The molecule has 2 aliphatic rings. The predicted octanol–water partition coefficient (Wildman–Crippen LogP) is 2.39. The zero-order valence-corrected chi connectivity index (χ0v) is 14.5. The molecule has 1 aromatic heterocycles. The number of carbonyl (C=O) groups is 1. The van der Waals surface area contributed by atoms with Crippen molar-refractivity contribution in [2.24, 2.45) is 5.92 Å². The van der Waals surface area contributed by atoms with Crippen LogP contribution >= 0.6 is 0 Å². The van der Waals surface area contributed by atoms with Crippen molar-refractivity contribution >= 4 is 22.5 Å². The summed E-state index contributed by atoms with van der Waals surface area (Å²) in [6.07, 6.45) is 5.13. The van der Waals surface area contributed by atoms with Crippen molar-refractivity contribution in [3.63, 3.8) is 0 Å². The molecule has 0 atom stereocenters. The second kappa shape index (κ2) is 6.96. The molecule has 0 spiro atoms. The molecule has 6 heteroatoms. The molecule has 25 heavy (non-hydrogen) atoms. The molecule has 4 rings (SSSR count). The Morgan fingerprint density at radius 2 is 2.16 bits per heavy atom. The number of ketones is 1. The number of ether oxygens (including phenoxy) is 2. The lowest BCUT2D eigenvalue weighted by molar-refractivity contribution is -0.119. The Kier molecular flexibility index (Phi) is 4.53. The van der Waals surface area contributed by atoms with Gasteiger partial charge in [-0.05, 0) is 31.4 Å². The number of anilines is 1. The van der Waals surface area contributed by atoms with Gasteiger partial charge in [-0.1, -0.05) is 0 Å². The van der Waals surface area contributed by atoms with E-state index in [-0.39, 0.29) is 11.7 Å². The lowest BCUT2D eigenvalue weighted by Gasteiger charge is -2.23. The minimum absolute atomic E-state index is 0.239. The zero-order chi connectivity index (χ0) is 17.2. The number of carbonyl (C=O) groups excluding carboxylic acids is 1. The van der Waals surface area contributed by atoms with Crippen LogP contribution in [0.3, 0.4) is 0 Å². The van der Waals surface area contributed by atoms with E-state index in [9.17, 15) is 4.79 Å². The number of benzene rings is 1. The average Bonchev–Trinajstić information content (AvgIpc) is 3.47. The summed E-state index contributed by atoms with van der Waals surface area (Å²) < 4.78 is 11.0. The van der Waals surface area contributed by atoms with Gasteiger partial charge in [-0.25, -0.2) is 4.98 Å². The highest BCUT2D eigenvalue weighted by Gasteiger charge is 2.29. The summed E-state index contributed by atoms with van der Waals surface area (Å²) >= 11 is 0. The number of fused-ring (bicyclic) bond motifs is 1. The van der Waals surface area contributed by atoms with E-state index in [1.165, 1.54) is 0 Å². The van der Waals surface area contributed by atoms with Gasteiger partial charge in [0.2, 0.25) is 0 Å². The molecule has 0 unspecified atom stereocenters. The van der Waals surface area contributed by atoms with Crippen LogP contribution in [0, 0.1) is 5.92 Å².